The van der Waals surface area contributed by atoms with Crippen LogP contribution in [0.4, 0.5) is 0 Å². The van der Waals surface area contributed by atoms with Crippen LogP contribution in [-0.4, -0.2) is 42.1 Å². The van der Waals surface area contributed by atoms with Crippen LogP contribution in [-0.2, 0) is 9.53 Å². The summed E-state index contributed by atoms with van der Waals surface area (Å²) in [5, 5.41) is 0. The number of morpholine rings is 1. The van der Waals surface area contributed by atoms with Crippen LogP contribution in [0.2, 0.25) is 0 Å². The van der Waals surface area contributed by atoms with Crippen molar-refractivity contribution in [3.63, 3.8) is 0 Å². The van der Waals surface area contributed by atoms with Crippen molar-refractivity contribution >= 4 is 5.91 Å². The molecule has 1 amide bonds. The quantitative estimate of drug-likeness (QED) is 0.700. The molecular formula is C10H20N2O2. The van der Waals surface area contributed by atoms with Crippen LogP contribution in [0.3, 0.4) is 0 Å². The van der Waals surface area contributed by atoms with Gasteiger partial charge in [0.25, 0.3) is 0 Å². The van der Waals surface area contributed by atoms with E-state index in [1.54, 1.807) is 0 Å². The van der Waals surface area contributed by atoms with Crippen LogP contribution in [0.1, 0.15) is 27.2 Å². The maximum atomic E-state index is 11.9. The molecule has 0 saturated carbocycles. The van der Waals surface area contributed by atoms with Crippen LogP contribution >= 0.6 is 0 Å². The summed E-state index contributed by atoms with van der Waals surface area (Å²) in [6.45, 7) is 7.16. The smallest absolute Gasteiger partial charge is 0.240 e. The summed E-state index contributed by atoms with van der Waals surface area (Å²) in [4.78, 5) is 13.8. The highest BCUT2D eigenvalue weighted by molar-refractivity contribution is 5.82. The summed E-state index contributed by atoms with van der Waals surface area (Å²) in [5.74, 6) is 0.0517. The molecule has 0 aromatic rings. The molecule has 3 atom stereocenters. The van der Waals surface area contributed by atoms with E-state index in [4.69, 9.17) is 10.5 Å². The number of rotatable bonds is 2. The van der Waals surface area contributed by atoms with E-state index in [0.29, 0.717) is 19.6 Å². The second kappa shape index (κ2) is 4.75. The Labute approximate surface area is 85.4 Å². The Morgan fingerprint density at radius 3 is 2.43 bits per heavy atom. The van der Waals surface area contributed by atoms with E-state index in [9.17, 15) is 4.79 Å². The first-order valence-corrected chi connectivity index (χ1v) is 5.23. The minimum atomic E-state index is -0.363. The number of hydrogen-bond donors (Lipinski definition) is 1. The summed E-state index contributed by atoms with van der Waals surface area (Å²) >= 11 is 0. The Kier molecular flexibility index (Phi) is 3.89. The predicted octanol–water partition coefficient (Wildman–Crippen LogP) is 0.359. The Morgan fingerprint density at radius 1 is 1.50 bits per heavy atom. The molecule has 1 fully saturated rings. The van der Waals surface area contributed by atoms with Gasteiger partial charge < -0.3 is 15.4 Å². The molecule has 82 valence electrons. The maximum absolute atomic E-state index is 11.9. The third-order valence-corrected chi connectivity index (χ3v) is 2.68. The molecule has 14 heavy (non-hydrogen) atoms. The lowest BCUT2D eigenvalue weighted by Gasteiger charge is -2.40. The first kappa shape index (κ1) is 11.5. The van der Waals surface area contributed by atoms with Gasteiger partial charge in [-0.15, -0.1) is 0 Å². The van der Waals surface area contributed by atoms with Crippen molar-refractivity contribution in [3.05, 3.63) is 0 Å². The number of nitrogens with zero attached hydrogens (tertiary/aromatic N) is 1. The molecule has 2 N–H and O–H groups in total. The van der Waals surface area contributed by atoms with Crippen LogP contribution < -0.4 is 5.73 Å². The van der Waals surface area contributed by atoms with Gasteiger partial charge in [-0.3, -0.25) is 4.79 Å². The summed E-state index contributed by atoms with van der Waals surface area (Å²) in [6.07, 6.45) is 0.690. The first-order valence-electron chi connectivity index (χ1n) is 5.23. The highest BCUT2D eigenvalue weighted by Crippen LogP contribution is 2.14. The highest BCUT2D eigenvalue weighted by atomic mass is 16.5. The van der Waals surface area contributed by atoms with Gasteiger partial charge in [-0.1, -0.05) is 6.92 Å². The zero-order valence-corrected chi connectivity index (χ0v) is 9.19. The number of ether oxygens (including phenoxy) is 1. The molecule has 0 unspecified atom stereocenters. The van der Waals surface area contributed by atoms with Crippen molar-refractivity contribution in [2.45, 2.75) is 45.3 Å². The lowest BCUT2D eigenvalue weighted by atomic mass is 10.1. The SMILES string of the molecule is CC[C@H](N)C(=O)N1[C@@H](C)COC[C@@H]1C. The standard InChI is InChI=1S/C10H20N2O2/c1-4-9(11)10(13)12-7(2)5-14-6-8(12)3/h7-9H,4-6,11H2,1-3H3/t7-,8-,9-/m0/s1. The second-order valence-electron chi connectivity index (χ2n) is 4.00. The Hall–Kier alpha value is -0.610. The summed E-state index contributed by atoms with van der Waals surface area (Å²) in [5.41, 5.74) is 5.74. The fourth-order valence-electron chi connectivity index (χ4n) is 1.80. The van der Waals surface area contributed by atoms with Gasteiger partial charge in [-0.25, -0.2) is 0 Å². The van der Waals surface area contributed by atoms with Gasteiger partial charge in [0, 0.05) is 0 Å². The molecule has 0 spiro atoms. The van der Waals surface area contributed by atoms with Gasteiger partial charge in [0.15, 0.2) is 0 Å². The average Bonchev–Trinajstić information content (AvgIpc) is 2.16. The summed E-state index contributed by atoms with van der Waals surface area (Å²) in [6, 6.07) is -0.0781. The van der Waals surface area contributed by atoms with E-state index in [2.05, 4.69) is 0 Å². The van der Waals surface area contributed by atoms with Crippen molar-refractivity contribution in [2.75, 3.05) is 13.2 Å². The normalized spacial score (nSPS) is 30.1. The van der Waals surface area contributed by atoms with E-state index < -0.39 is 0 Å². The third-order valence-electron chi connectivity index (χ3n) is 2.68. The minimum Gasteiger partial charge on any atom is -0.377 e. The molecule has 1 saturated heterocycles. The van der Waals surface area contributed by atoms with Gasteiger partial charge in [0.2, 0.25) is 5.91 Å². The van der Waals surface area contributed by atoms with Gasteiger partial charge in [0.1, 0.15) is 0 Å². The number of amides is 1. The van der Waals surface area contributed by atoms with Crippen LogP contribution in [0.15, 0.2) is 0 Å². The average molecular weight is 200 g/mol. The molecule has 0 bridgehead atoms. The largest absolute Gasteiger partial charge is 0.377 e. The van der Waals surface area contributed by atoms with E-state index >= 15 is 0 Å². The van der Waals surface area contributed by atoms with Gasteiger partial charge in [0.05, 0.1) is 31.3 Å². The number of hydrogen-bond acceptors (Lipinski definition) is 3. The van der Waals surface area contributed by atoms with E-state index in [1.165, 1.54) is 0 Å². The monoisotopic (exact) mass is 200 g/mol. The molecule has 0 aliphatic carbocycles. The van der Waals surface area contributed by atoms with Gasteiger partial charge in [-0.05, 0) is 20.3 Å². The third kappa shape index (κ3) is 2.25. The predicted molar refractivity (Wildman–Crippen MR) is 54.9 cm³/mol. The lowest BCUT2D eigenvalue weighted by molar-refractivity contribution is -0.145. The summed E-state index contributed by atoms with van der Waals surface area (Å²) < 4.78 is 5.35. The van der Waals surface area contributed by atoms with Crippen molar-refractivity contribution < 1.29 is 9.53 Å². The fraction of sp³-hybridized carbons (Fsp3) is 0.900. The van der Waals surface area contributed by atoms with E-state index in [-0.39, 0.29) is 24.0 Å². The second-order valence-corrected chi connectivity index (χ2v) is 4.00. The van der Waals surface area contributed by atoms with Crippen LogP contribution in [0, 0.1) is 0 Å². The number of carbonyl (C=O) groups is 1. The van der Waals surface area contributed by atoms with Crippen LogP contribution in [0.25, 0.3) is 0 Å². The van der Waals surface area contributed by atoms with Crippen molar-refractivity contribution in [2.24, 2.45) is 5.73 Å². The molecule has 4 heteroatoms. The lowest BCUT2D eigenvalue weighted by Crippen LogP contribution is -2.56. The molecule has 1 heterocycles. The molecular weight excluding hydrogens is 180 g/mol. The molecule has 1 aliphatic heterocycles. The fourth-order valence-corrected chi connectivity index (χ4v) is 1.80. The van der Waals surface area contributed by atoms with Gasteiger partial charge in [-0.2, -0.15) is 0 Å². The number of carbonyl (C=O) groups excluding carboxylic acids is 1. The van der Waals surface area contributed by atoms with Gasteiger partial charge >= 0.3 is 0 Å². The van der Waals surface area contributed by atoms with E-state index in [1.807, 2.05) is 25.7 Å². The van der Waals surface area contributed by atoms with Crippen molar-refractivity contribution in [1.29, 1.82) is 0 Å². The molecule has 0 aromatic heterocycles. The van der Waals surface area contributed by atoms with E-state index in [0.717, 1.165) is 0 Å². The maximum Gasteiger partial charge on any atom is 0.240 e. The van der Waals surface area contributed by atoms with Crippen molar-refractivity contribution in [1.82, 2.24) is 4.90 Å². The van der Waals surface area contributed by atoms with Crippen LogP contribution in [0.5, 0.6) is 0 Å². The Bertz CT molecular complexity index is 198. The Balaban J connectivity index is 2.67. The first-order chi connectivity index (χ1) is 6.57. The molecule has 0 aromatic carbocycles. The molecule has 1 aliphatic rings. The highest BCUT2D eigenvalue weighted by Gasteiger charge is 2.31. The topological polar surface area (TPSA) is 55.6 Å². The van der Waals surface area contributed by atoms with Crippen molar-refractivity contribution in [3.8, 4) is 0 Å². The number of nitrogens with two attached hydrogens (primary N) is 1. The molecule has 4 nitrogen and oxygen atoms in total. The zero-order valence-electron chi connectivity index (χ0n) is 9.19. The molecule has 0 radical (unpaired) electrons. The Morgan fingerprint density at radius 2 is 2.00 bits per heavy atom. The minimum absolute atomic E-state index is 0.0517. The molecule has 1 rings (SSSR count). The zero-order chi connectivity index (χ0) is 10.7. The summed E-state index contributed by atoms with van der Waals surface area (Å²) in [7, 11) is 0.